The van der Waals surface area contributed by atoms with Gasteiger partial charge in [0.25, 0.3) is 5.91 Å². The SMILES string of the molecule is CC(C)(C)NC(=O)CN1C(=O)NC2(CCNCC2)C1=O. The molecule has 0 aliphatic carbocycles. The molecule has 1 spiro atoms. The highest BCUT2D eigenvalue weighted by Gasteiger charge is 2.51. The molecule has 0 saturated carbocycles. The molecule has 0 atom stereocenters. The van der Waals surface area contributed by atoms with Crippen LogP contribution in [0, 0.1) is 0 Å². The van der Waals surface area contributed by atoms with E-state index in [1.54, 1.807) is 0 Å². The average molecular weight is 282 g/mol. The van der Waals surface area contributed by atoms with Gasteiger partial charge in [-0.25, -0.2) is 4.79 Å². The van der Waals surface area contributed by atoms with Crippen molar-refractivity contribution in [2.75, 3.05) is 19.6 Å². The molecule has 4 amide bonds. The van der Waals surface area contributed by atoms with Crippen molar-refractivity contribution in [3.05, 3.63) is 0 Å². The number of urea groups is 1. The molecule has 112 valence electrons. The second-order valence-electron chi connectivity index (χ2n) is 6.45. The van der Waals surface area contributed by atoms with Crippen LogP contribution in [0.1, 0.15) is 33.6 Å². The van der Waals surface area contributed by atoms with E-state index >= 15 is 0 Å². The summed E-state index contributed by atoms with van der Waals surface area (Å²) in [6.45, 7) is 6.71. The second kappa shape index (κ2) is 5.05. The quantitative estimate of drug-likeness (QED) is 0.600. The van der Waals surface area contributed by atoms with Gasteiger partial charge in [-0.05, 0) is 46.7 Å². The summed E-state index contributed by atoms with van der Waals surface area (Å²) < 4.78 is 0. The number of rotatable bonds is 2. The zero-order chi connectivity index (χ0) is 15.0. The topological polar surface area (TPSA) is 90.5 Å². The van der Waals surface area contributed by atoms with Gasteiger partial charge in [-0.2, -0.15) is 0 Å². The van der Waals surface area contributed by atoms with E-state index in [1.807, 2.05) is 20.8 Å². The van der Waals surface area contributed by atoms with Crippen molar-refractivity contribution in [3.8, 4) is 0 Å². The summed E-state index contributed by atoms with van der Waals surface area (Å²) in [7, 11) is 0. The van der Waals surface area contributed by atoms with E-state index in [0.29, 0.717) is 25.9 Å². The van der Waals surface area contributed by atoms with Crippen molar-refractivity contribution in [2.45, 2.75) is 44.7 Å². The van der Waals surface area contributed by atoms with Crippen LogP contribution in [0.25, 0.3) is 0 Å². The minimum atomic E-state index is -0.815. The van der Waals surface area contributed by atoms with Crippen LogP contribution in [0.2, 0.25) is 0 Å². The van der Waals surface area contributed by atoms with Gasteiger partial charge >= 0.3 is 6.03 Å². The molecule has 2 rings (SSSR count). The fourth-order valence-electron chi connectivity index (χ4n) is 2.61. The highest BCUT2D eigenvalue weighted by atomic mass is 16.2. The first-order chi connectivity index (χ1) is 9.23. The van der Waals surface area contributed by atoms with Gasteiger partial charge in [-0.15, -0.1) is 0 Å². The molecular weight excluding hydrogens is 260 g/mol. The number of hydrogen-bond acceptors (Lipinski definition) is 4. The number of carbonyl (C=O) groups excluding carboxylic acids is 3. The maximum absolute atomic E-state index is 12.4. The fourth-order valence-corrected chi connectivity index (χ4v) is 2.61. The largest absolute Gasteiger partial charge is 0.350 e. The average Bonchev–Trinajstić information content (AvgIpc) is 2.53. The molecule has 2 aliphatic rings. The molecule has 7 heteroatoms. The third-order valence-electron chi connectivity index (χ3n) is 3.52. The van der Waals surface area contributed by atoms with Gasteiger partial charge in [0, 0.05) is 5.54 Å². The van der Waals surface area contributed by atoms with Crippen LogP contribution >= 0.6 is 0 Å². The Hall–Kier alpha value is -1.63. The van der Waals surface area contributed by atoms with Crippen LogP contribution in [0.4, 0.5) is 4.79 Å². The summed E-state index contributed by atoms with van der Waals surface area (Å²) in [6, 6.07) is -0.471. The third kappa shape index (κ3) is 2.92. The Morgan fingerprint density at radius 3 is 2.45 bits per heavy atom. The van der Waals surface area contributed by atoms with Gasteiger partial charge in [-0.3, -0.25) is 14.5 Å². The van der Waals surface area contributed by atoms with E-state index in [2.05, 4.69) is 16.0 Å². The number of imide groups is 1. The summed E-state index contributed by atoms with van der Waals surface area (Å²) in [6.07, 6.45) is 1.13. The van der Waals surface area contributed by atoms with Crippen LogP contribution in [0.15, 0.2) is 0 Å². The number of amides is 4. The fraction of sp³-hybridized carbons (Fsp3) is 0.769. The molecule has 0 radical (unpaired) electrons. The maximum atomic E-state index is 12.4. The summed E-state index contributed by atoms with van der Waals surface area (Å²) in [5, 5.41) is 8.66. The Morgan fingerprint density at radius 1 is 1.30 bits per heavy atom. The monoisotopic (exact) mass is 282 g/mol. The summed E-state index contributed by atoms with van der Waals surface area (Å²) in [4.78, 5) is 37.3. The normalized spacial score (nSPS) is 22.1. The molecule has 2 fully saturated rings. The molecule has 3 N–H and O–H groups in total. The molecule has 2 saturated heterocycles. The Bertz CT molecular complexity index is 435. The number of nitrogens with zero attached hydrogens (tertiary/aromatic N) is 1. The summed E-state index contributed by atoms with van der Waals surface area (Å²) >= 11 is 0. The Labute approximate surface area is 118 Å². The first-order valence-electron chi connectivity index (χ1n) is 6.89. The van der Waals surface area contributed by atoms with Crippen molar-refractivity contribution in [3.63, 3.8) is 0 Å². The Kier molecular flexibility index (Phi) is 3.73. The van der Waals surface area contributed by atoms with Crippen LogP contribution in [0.3, 0.4) is 0 Å². The smallest absolute Gasteiger partial charge is 0.325 e. The summed E-state index contributed by atoms with van der Waals surface area (Å²) in [5.41, 5.74) is -1.20. The Balaban J connectivity index is 2.04. The van der Waals surface area contributed by atoms with Crippen LogP contribution in [-0.2, 0) is 9.59 Å². The lowest BCUT2D eigenvalue weighted by Crippen LogP contribution is -2.54. The van der Waals surface area contributed by atoms with Crippen molar-refractivity contribution in [2.24, 2.45) is 0 Å². The first kappa shape index (κ1) is 14.8. The lowest BCUT2D eigenvalue weighted by Gasteiger charge is -2.31. The minimum absolute atomic E-state index is 0.225. The lowest BCUT2D eigenvalue weighted by molar-refractivity contribution is -0.136. The van der Waals surface area contributed by atoms with Gasteiger partial charge in [0.1, 0.15) is 12.1 Å². The molecule has 20 heavy (non-hydrogen) atoms. The van der Waals surface area contributed by atoms with Crippen LogP contribution < -0.4 is 16.0 Å². The second-order valence-corrected chi connectivity index (χ2v) is 6.45. The highest BCUT2D eigenvalue weighted by molar-refractivity contribution is 6.09. The summed E-state index contributed by atoms with van der Waals surface area (Å²) in [5.74, 6) is -0.611. The molecule has 2 heterocycles. The molecule has 0 unspecified atom stereocenters. The predicted octanol–water partition coefficient (Wildman–Crippen LogP) is -0.425. The molecule has 0 aromatic carbocycles. The zero-order valence-corrected chi connectivity index (χ0v) is 12.2. The van der Waals surface area contributed by atoms with Gasteiger partial charge < -0.3 is 16.0 Å². The van der Waals surface area contributed by atoms with Gasteiger partial charge in [0.15, 0.2) is 0 Å². The van der Waals surface area contributed by atoms with Gasteiger partial charge in [0.05, 0.1) is 0 Å². The minimum Gasteiger partial charge on any atom is -0.350 e. The van der Waals surface area contributed by atoms with E-state index < -0.39 is 11.6 Å². The number of piperidine rings is 1. The van der Waals surface area contributed by atoms with Gasteiger partial charge in [0.2, 0.25) is 5.91 Å². The Morgan fingerprint density at radius 2 is 1.90 bits per heavy atom. The highest BCUT2D eigenvalue weighted by Crippen LogP contribution is 2.26. The van der Waals surface area contributed by atoms with E-state index in [9.17, 15) is 14.4 Å². The molecule has 0 aromatic rings. The maximum Gasteiger partial charge on any atom is 0.325 e. The van der Waals surface area contributed by atoms with Crippen molar-refractivity contribution < 1.29 is 14.4 Å². The van der Waals surface area contributed by atoms with E-state index in [-0.39, 0.29) is 23.9 Å². The first-order valence-corrected chi connectivity index (χ1v) is 6.89. The van der Waals surface area contributed by atoms with E-state index in [0.717, 1.165) is 4.90 Å². The van der Waals surface area contributed by atoms with E-state index in [1.165, 1.54) is 0 Å². The molecular formula is C13H22N4O3. The standard InChI is InChI=1S/C13H22N4O3/c1-12(2,3)15-9(18)8-17-10(19)13(16-11(17)20)4-6-14-7-5-13/h14H,4-8H2,1-3H3,(H,15,18)(H,16,20). The third-order valence-corrected chi connectivity index (χ3v) is 3.52. The van der Waals surface area contributed by atoms with Crippen molar-refractivity contribution in [1.82, 2.24) is 20.9 Å². The van der Waals surface area contributed by atoms with Gasteiger partial charge in [-0.1, -0.05) is 0 Å². The van der Waals surface area contributed by atoms with Crippen LogP contribution in [-0.4, -0.2) is 53.5 Å². The molecule has 0 bridgehead atoms. The predicted molar refractivity (Wildman–Crippen MR) is 73.0 cm³/mol. The zero-order valence-electron chi connectivity index (χ0n) is 12.2. The van der Waals surface area contributed by atoms with Crippen LogP contribution in [0.5, 0.6) is 0 Å². The lowest BCUT2D eigenvalue weighted by atomic mass is 9.88. The molecule has 0 aromatic heterocycles. The molecule has 7 nitrogen and oxygen atoms in total. The molecule has 2 aliphatic heterocycles. The number of hydrogen-bond donors (Lipinski definition) is 3. The van der Waals surface area contributed by atoms with Crippen molar-refractivity contribution >= 4 is 17.8 Å². The number of carbonyl (C=O) groups is 3. The number of nitrogens with one attached hydrogen (secondary N) is 3. The van der Waals surface area contributed by atoms with E-state index in [4.69, 9.17) is 0 Å². The van der Waals surface area contributed by atoms with Crippen molar-refractivity contribution in [1.29, 1.82) is 0 Å².